The average molecular weight is 498 g/mol. The summed E-state index contributed by atoms with van der Waals surface area (Å²) >= 11 is 1.45. The predicted molar refractivity (Wildman–Crippen MR) is 137 cm³/mol. The van der Waals surface area contributed by atoms with E-state index in [9.17, 15) is 9.59 Å². The Hall–Kier alpha value is -2.42. The van der Waals surface area contributed by atoms with Gasteiger partial charge in [0.05, 0.1) is 6.10 Å². The van der Waals surface area contributed by atoms with Gasteiger partial charge in [0.15, 0.2) is 6.61 Å². The van der Waals surface area contributed by atoms with E-state index in [0.717, 1.165) is 75.5 Å². The van der Waals surface area contributed by atoms with Crippen LogP contribution < -0.4 is 4.74 Å². The van der Waals surface area contributed by atoms with Gasteiger partial charge < -0.3 is 19.3 Å². The molecular formula is C27H35N3O4S. The van der Waals surface area contributed by atoms with Crippen LogP contribution in [0.2, 0.25) is 0 Å². The van der Waals surface area contributed by atoms with Gasteiger partial charge in [0.25, 0.3) is 11.8 Å². The first-order chi connectivity index (χ1) is 17.2. The molecule has 7 nitrogen and oxygen atoms in total. The van der Waals surface area contributed by atoms with Crippen LogP contribution in [0.4, 0.5) is 0 Å². The Balaban J connectivity index is 1.26. The van der Waals surface area contributed by atoms with Crippen molar-refractivity contribution in [3.8, 4) is 16.2 Å². The van der Waals surface area contributed by atoms with Crippen LogP contribution in [0, 0.1) is 0 Å². The summed E-state index contributed by atoms with van der Waals surface area (Å²) in [7, 11) is 0. The van der Waals surface area contributed by atoms with Gasteiger partial charge in [-0.05, 0) is 43.7 Å². The van der Waals surface area contributed by atoms with Gasteiger partial charge in [-0.15, -0.1) is 11.3 Å². The van der Waals surface area contributed by atoms with Crippen LogP contribution in [0.5, 0.6) is 5.75 Å². The molecule has 8 heteroatoms. The molecule has 1 unspecified atom stereocenters. The number of hydrogen-bond donors (Lipinski definition) is 0. The van der Waals surface area contributed by atoms with Crippen molar-refractivity contribution in [2.75, 3.05) is 59.0 Å². The third kappa shape index (κ3) is 6.05. The van der Waals surface area contributed by atoms with E-state index in [2.05, 4.69) is 4.90 Å². The zero-order chi connectivity index (χ0) is 24.0. The normalized spacial score (nSPS) is 21.3. The van der Waals surface area contributed by atoms with E-state index in [1.165, 1.54) is 17.8 Å². The van der Waals surface area contributed by atoms with Crippen LogP contribution in [0.1, 0.15) is 41.8 Å². The Bertz CT molecular complexity index is 991. The third-order valence-electron chi connectivity index (χ3n) is 7.16. The summed E-state index contributed by atoms with van der Waals surface area (Å²) in [5.41, 5.74) is 1.05. The number of hydrogen-bond acceptors (Lipinski definition) is 6. The Labute approximate surface area is 211 Å². The highest BCUT2D eigenvalue weighted by Crippen LogP contribution is 2.37. The van der Waals surface area contributed by atoms with E-state index in [4.69, 9.17) is 9.47 Å². The summed E-state index contributed by atoms with van der Waals surface area (Å²) in [5.74, 6) is 0.513. The third-order valence-corrected chi connectivity index (χ3v) is 8.31. The smallest absolute Gasteiger partial charge is 0.267 e. The first-order valence-electron chi connectivity index (χ1n) is 12.9. The number of piperidine rings is 1. The maximum atomic E-state index is 13.6. The monoisotopic (exact) mass is 497 g/mol. The number of carbonyl (C=O) groups excluding carboxylic acids is 2. The lowest BCUT2D eigenvalue weighted by atomic mass is 10.1. The molecule has 1 aromatic heterocycles. The molecule has 5 rings (SSSR count). The number of thiophene rings is 1. The second kappa shape index (κ2) is 11.5. The number of likely N-dealkylation sites (tertiary alicyclic amines) is 1. The lowest BCUT2D eigenvalue weighted by Crippen LogP contribution is -2.50. The van der Waals surface area contributed by atoms with Gasteiger partial charge in [0.2, 0.25) is 0 Å². The van der Waals surface area contributed by atoms with Crippen molar-refractivity contribution in [1.29, 1.82) is 0 Å². The molecule has 0 bridgehead atoms. The molecule has 1 atom stereocenters. The van der Waals surface area contributed by atoms with Crippen molar-refractivity contribution in [2.24, 2.45) is 0 Å². The zero-order valence-corrected chi connectivity index (χ0v) is 21.1. The van der Waals surface area contributed by atoms with Crippen molar-refractivity contribution in [1.82, 2.24) is 14.7 Å². The lowest BCUT2D eigenvalue weighted by Gasteiger charge is -2.35. The van der Waals surface area contributed by atoms with Gasteiger partial charge in [0.1, 0.15) is 10.6 Å². The Morgan fingerprint density at radius 1 is 0.943 bits per heavy atom. The standard InChI is InChI=1S/C27H35N3O4S/c31-25(29-11-5-2-6-12-29)20-34-23-18-24(21-8-3-1-4-9-21)35-26(23)27(32)30-15-13-28(14-16-30)19-22-10-7-17-33-22/h1,3-4,8-9,18,22H,2,5-7,10-17,19-20H2. The maximum Gasteiger partial charge on any atom is 0.267 e. The molecule has 3 saturated heterocycles. The van der Waals surface area contributed by atoms with Crippen molar-refractivity contribution >= 4 is 23.2 Å². The average Bonchev–Trinajstić information content (AvgIpc) is 3.58. The summed E-state index contributed by atoms with van der Waals surface area (Å²) < 4.78 is 11.8. The Morgan fingerprint density at radius 2 is 1.71 bits per heavy atom. The molecule has 2 aromatic rings. The largest absolute Gasteiger partial charge is 0.482 e. The van der Waals surface area contributed by atoms with Crippen molar-refractivity contribution in [3.05, 3.63) is 41.3 Å². The highest BCUT2D eigenvalue weighted by Gasteiger charge is 2.29. The minimum atomic E-state index is -0.0274. The fraction of sp³-hybridized carbons (Fsp3) is 0.556. The molecule has 3 aliphatic rings. The molecule has 0 N–H and O–H groups in total. The SMILES string of the molecule is O=C(COc1cc(-c2ccccc2)sc1C(=O)N1CCN(CC2CCCO2)CC1)N1CCCCC1. The van der Waals surface area contributed by atoms with E-state index >= 15 is 0 Å². The van der Waals surface area contributed by atoms with E-state index in [1.807, 2.05) is 46.2 Å². The van der Waals surface area contributed by atoms with Crippen LogP contribution in [0.15, 0.2) is 36.4 Å². The number of carbonyl (C=O) groups is 2. The lowest BCUT2D eigenvalue weighted by molar-refractivity contribution is -0.134. The highest BCUT2D eigenvalue weighted by atomic mass is 32.1. The first-order valence-corrected chi connectivity index (χ1v) is 13.7. The molecule has 0 aliphatic carbocycles. The van der Waals surface area contributed by atoms with Gasteiger partial charge in [0, 0.05) is 57.3 Å². The molecule has 0 spiro atoms. The summed E-state index contributed by atoms with van der Waals surface area (Å²) in [6.07, 6.45) is 5.88. The van der Waals surface area contributed by atoms with Crippen LogP contribution in [-0.4, -0.2) is 91.6 Å². The highest BCUT2D eigenvalue weighted by molar-refractivity contribution is 7.17. The zero-order valence-electron chi connectivity index (χ0n) is 20.3. The van der Waals surface area contributed by atoms with Crippen molar-refractivity contribution in [2.45, 2.75) is 38.2 Å². The topological polar surface area (TPSA) is 62.3 Å². The Morgan fingerprint density at radius 3 is 2.43 bits per heavy atom. The van der Waals surface area contributed by atoms with Crippen LogP contribution in [0.3, 0.4) is 0 Å². The van der Waals surface area contributed by atoms with Gasteiger partial charge in [-0.1, -0.05) is 30.3 Å². The number of benzene rings is 1. The number of rotatable bonds is 7. The summed E-state index contributed by atoms with van der Waals surface area (Å²) in [4.78, 5) is 34.0. The summed E-state index contributed by atoms with van der Waals surface area (Å²) in [5, 5.41) is 0. The Kier molecular flexibility index (Phi) is 8.01. The van der Waals surface area contributed by atoms with Gasteiger partial charge in [-0.3, -0.25) is 14.5 Å². The minimum Gasteiger partial charge on any atom is -0.482 e. The van der Waals surface area contributed by atoms with Crippen LogP contribution >= 0.6 is 11.3 Å². The fourth-order valence-electron chi connectivity index (χ4n) is 5.10. The molecule has 2 amide bonds. The molecule has 4 heterocycles. The summed E-state index contributed by atoms with van der Waals surface area (Å²) in [6.45, 7) is 6.47. The predicted octanol–water partition coefficient (Wildman–Crippen LogP) is 3.74. The van der Waals surface area contributed by atoms with Crippen LogP contribution in [-0.2, 0) is 9.53 Å². The van der Waals surface area contributed by atoms with E-state index < -0.39 is 0 Å². The molecule has 1 aromatic carbocycles. The molecule has 35 heavy (non-hydrogen) atoms. The number of nitrogens with zero attached hydrogens (tertiary/aromatic N) is 3. The number of ether oxygens (including phenoxy) is 2. The van der Waals surface area contributed by atoms with E-state index in [-0.39, 0.29) is 18.4 Å². The van der Waals surface area contributed by atoms with Gasteiger partial charge in [-0.2, -0.15) is 0 Å². The van der Waals surface area contributed by atoms with E-state index in [1.54, 1.807) is 0 Å². The fourth-order valence-corrected chi connectivity index (χ4v) is 6.18. The maximum absolute atomic E-state index is 13.6. The van der Waals surface area contributed by atoms with Crippen molar-refractivity contribution < 1.29 is 19.1 Å². The molecule has 0 saturated carbocycles. The van der Waals surface area contributed by atoms with Crippen LogP contribution in [0.25, 0.3) is 10.4 Å². The molecule has 3 aliphatic heterocycles. The van der Waals surface area contributed by atoms with Gasteiger partial charge in [-0.25, -0.2) is 0 Å². The molecular weight excluding hydrogens is 462 g/mol. The van der Waals surface area contributed by atoms with Crippen molar-refractivity contribution in [3.63, 3.8) is 0 Å². The molecule has 0 radical (unpaired) electrons. The second-order valence-electron chi connectivity index (χ2n) is 9.63. The van der Waals surface area contributed by atoms with E-state index in [0.29, 0.717) is 29.8 Å². The number of amides is 2. The summed E-state index contributed by atoms with van der Waals surface area (Å²) in [6, 6.07) is 12.0. The molecule has 188 valence electrons. The first kappa shape index (κ1) is 24.3. The quantitative estimate of drug-likeness (QED) is 0.583. The number of piperazine rings is 1. The second-order valence-corrected chi connectivity index (χ2v) is 10.7. The minimum absolute atomic E-state index is 0.00157. The molecule has 3 fully saturated rings. The van der Waals surface area contributed by atoms with Gasteiger partial charge >= 0.3 is 0 Å².